The van der Waals surface area contributed by atoms with E-state index in [1.807, 2.05) is 67.9 Å². The molecule has 0 spiro atoms. The molecule has 4 aromatic rings. The zero-order chi connectivity index (χ0) is 23.2. The Balaban J connectivity index is 1.72. The van der Waals surface area contributed by atoms with Crippen molar-refractivity contribution in [1.29, 1.82) is 0 Å². The van der Waals surface area contributed by atoms with E-state index in [4.69, 9.17) is 19.4 Å². The standard InChI is InChI=1S/C24H24BrN5O2S/c1-30-21(19(25)14-27-30)20-22(26-13-16-9-11-18(31-2)12-10-16)28-24(33-3)29-23(20)32-15-17-7-5-4-6-8-17/h4-12,14H,13,15H2,1-3H3,(H,26,28,29). The summed E-state index contributed by atoms with van der Waals surface area (Å²) in [5, 5.41) is 8.48. The van der Waals surface area contributed by atoms with E-state index in [2.05, 4.69) is 26.3 Å². The Hall–Kier alpha value is -3.04. The van der Waals surface area contributed by atoms with Gasteiger partial charge in [0.05, 0.1) is 23.5 Å². The van der Waals surface area contributed by atoms with Gasteiger partial charge in [0.15, 0.2) is 5.16 Å². The summed E-state index contributed by atoms with van der Waals surface area (Å²) in [5.74, 6) is 2.00. The van der Waals surface area contributed by atoms with E-state index in [9.17, 15) is 0 Å². The number of aryl methyl sites for hydroxylation is 1. The zero-order valence-electron chi connectivity index (χ0n) is 18.6. The van der Waals surface area contributed by atoms with Gasteiger partial charge in [-0.05, 0) is 45.4 Å². The lowest BCUT2D eigenvalue weighted by molar-refractivity contribution is 0.292. The van der Waals surface area contributed by atoms with Crippen LogP contribution in [-0.2, 0) is 20.2 Å². The largest absolute Gasteiger partial charge is 0.497 e. The van der Waals surface area contributed by atoms with Crippen molar-refractivity contribution in [1.82, 2.24) is 19.7 Å². The molecule has 9 heteroatoms. The molecular weight excluding hydrogens is 502 g/mol. The van der Waals surface area contributed by atoms with Crippen molar-refractivity contribution in [3.8, 4) is 22.9 Å². The maximum absolute atomic E-state index is 6.24. The van der Waals surface area contributed by atoms with E-state index in [1.165, 1.54) is 11.8 Å². The minimum absolute atomic E-state index is 0.395. The van der Waals surface area contributed by atoms with Crippen molar-refractivity contribution in [2.24, 2.45) is 7.05 Å². The van der Waals surface area contributed by atoms with E-state index in [-0.39, 0.29) is 0 Å². The molecule has 2 aromatic carbocycles. The molecule has 0 unspecified atom stereocenters. The van der Waals surface area contributed by atoms with E-state index >= 15 is 0 Å². The molecule has 0 aliphatic carbocycles. The number of nitrogens with one attached hydrogen (secondary N) is 1. The molecule has 1 N–H and O–H groups in total. The first-order valence-electron chi connectivity index (χ1n) is 10.3. The number of aromatic nitrogens is 4. The maximum Gasteiger partial charge on any atom is 0.229 e. The van der Waals surface area contributed by atoms with Gasteiger partial charge in [0.1, 0.15) is 23.7 Å². The molecule has 33 heavy (non-hydrogen) atoms. The molecule has 0 atom stereocenters. The first kappa shape index (κ1) is 23.1. The first-order chi connectivity index (χ1) is 16.1. The van der Waals surface area contributed by atoms with Gasteiger partial charge in [-0.25, -0.2) is 4.98 Å². The Kier molecular flexibility index (Phi) is 7.51. The van der Waals surface area contributed by atoms with Crippen molar-refractivity contribution < 1.29 is 9.47 Å². The minimum Gasteiger partial charge on any atom is -0.497 e. The van der Waals surface area contributed by atoms with Crippen LogP contribution in [0.25, 0.3) is 11.3 Å². The fraction of sp³-hybridized carbons (Fsp3) is 0.208. The second kappa shape index (κ2) is 10.7. The molecule has 0 saturated carbocycles. The summed E-state index contributed by atoms with van der Waals surface area (Å²) in [4.78, 5) is 9.46. The number of hydrogen-bond acceptors (Lipinski definition) is 7. The summed E-state index contributed by atoms with van der Waals surface area (Å²) in [6, 6.07) is 18.0. The summed E-state index contributed by atoms with van der Waals surface area (Å²) in [6.07, 6.45) is 3.70. The van der Waals surface area contributed by atoms with Gasteiger partial charge < -0.3 is 14.8 Å². The predicted octanol–water partition coefficient (Wildman–Crippen LogP) is 5.56. The third-order valence-corrected chi connectivity index (χ3v) is 6.13. The van der Waals surface area contributed by atoms with Crippen LogP contribution < -0.4 is 14.8 Å². The zero-order valence-corrected chi connectivity index (χ0v) is 21.0. The number of nitrogens with zero attached hydrogens (tertiary/aromatic N) is 4. The Morgan fingerprint density at radius 3 is 2.42 bits per heavy atom. The van der Waals surface area contributed by atoms with Crippen LogP contribution in [-0.4, -0.2) is 33.1 Å². The quantitative estimate of drug-likeness (QED) is 0.226. The molecule has 2 heterocycles. The second-order valence-electron chi connectivity index (χ2n) is 7.18. The van der Waals surface area contributed by atoms with Crippen molar-refractivity contribution >= 4 is 33.5 Å². The lowest BCUT2D eigenvalue weighted by Crippen LogP contribution is -2.10. The smallest absolute Gasteiger partial charge is 0.229 e. The fourth-order valence-corrected chi connectivity index (χ4v) is 4.21. The molecule has 7 nitrogen and oxygen atoms in total. The third kappa shape index (κ3) is 5.48. The Morgan fingerprint density at radius 2 is 1.79 bits per heavy atom. The number of halogens is 1. The summed E-state index contributed by atoms with van der Waals surface area (Å²) < 4.78 is 14.1. The van der Waals surface area contributed by atoms with Crippen LogP contribution >= 0.6 is 27.7 Å². The molecule has 0 bridgehead atoms. The van der Waals surface area contributed by atoms with E-state index in [0.717, 1.165) is 32.6 Å². The summed E-state index contributed by atoms with van der Waals surface area (Å²) >= 11 is 5.09. The van der Waals surface area contributed by atoms with Gasteiger partial charge >= 0.3 is 0 Å². The molecule has 0 aliphatic heterocycles. The number of anilines is 1. The van der Waals surface area contributed by atoms with Crippen LogP contribution in [0.1, 0.15) is 11.1 Å². The van der Waals surface area contributed by atoms with Gasteiger partial charge in [0, 0.05) is 13.6 Å². The highest BCUT2D eigenvalue weighted by atomic mass is 79.9. The van der Waals surface area contributed by atoms with Crippen LogP contribution in [0.4, 0.5) is 5.82 Å². The lowest BCUT2D eigenvalue weighted by atomic mass is 10.2. The molecule has 170 valence electrons. The van der Waals surface area contributed by atoms with Crippen molar-refractivity contribution in [3.63, 3.8) is 0 Å². The maximum atomic E-state index is 6.24. The average Bonchev–Trinajstić information content (AvgIpc) is 3.19. The second-order valence-corrected chi connectivity index (χ2v) is 8.81. The third-order valence-electron chi connectivity index (χ3n) is 5.01. The van der Waals surface area contributed by atoms with Crippen LogP contribution in [0, 0.1) is 0 Å². The van der Waals surface area contributed by atoms with E-state index in [0.29, 0.717) is 30.0 Å². The van der Waals surface area contributed by atoms with Gasteiger partial charge in [-0.3, -0.25) is 4.68 Å². The van der Waals surface area contributed by atoms with Crippen molar-refractivity contribution in [2.75, 3.05) is 18.7 Å². The Morgan fingerprint density at radius 1 is 1.03 bits per heavy atom. The molecule has 0 saturated heterocycles. The van der Waals surface area contributed by atoms with E-state index < -0.39 is 0 Å². The monoisotopic (exact) mass is 525 g/mol. The predicted molar refractivity (Wildman–Crippen MR) is 135 cm³/mol. The molecule has 0 amide bonds. The number of rotatable bonds is 9. The molecule has 0 fully saturated rings. The average molecular weight is 526 g/mol. The number of methoxy groups -OCH3 is 1. The van der Waals surface area contributed by atoms with Crippen molar-refractivity contribution in [2.45, 2.75) is 18.3 Å². The Labute approximate surface area is 205 Å². The van der Waals surface area contributed by atoms with Gasteiger partial charge in [-0.15, -0.1) is 0 Å². The molecule has 0 radical (unpaired) electrons. The fourth-order valence-electron chi connectivity index (χ4n) is 3.30. The summed E-state index contributed by atoms with van der Waals surface area (Å²) in [7, 11) is 3.55. The van der Waals surface area contributed by atoms with Crippen LogP contribution in [0.5, 0.6) is 11.6 Å². The highest BCUT2D eigenvalue weighted by molar-refractivity contribution is 9.10. The summed E-state index contributed by atoms with van der Waals surface area (Å²) in [6.45, 7) is 0.974. The topological polar surface area (TPSA) is 74.1 Å². The van der Waals surface area contributed by atoms with Gasteiger partial charge in [0.2, 0.25) is 5.88 Å². The van der Waals surface area contributed by atoms with Gasteiger partial charge in [-0.1, -0.05) is 54.2 Å². The van der Waals surface area contributed by atoms with Gasteiger partial charge in [0.25, 0.3) is 0 Å². The molecular formula is C24H24BrN5O2S. The van der Waals surface area contributed by atoms with Crippen LogP contribution in [0.3, 0.4) is 0 Å². The number of hydrogen-bond donors (Lipinski definition) is 1. The summed E-state index contributed by atoms with van der Waals surface area (Å²) in [5.41, 5.74) is 3.75. The highest BCUT2D eigenvalue weighted by Crippen LogP contribution is 2.40. The van der Waals surface area contributed by atoms with Crippen molar-refractivity contribution in [3.05, 3.63) is 76.4 Å². The molecule has 2 aromatic heterocycles. The highest BCUT2D eigenvalue weighted by Gasteiger charge is 2.23. The van der Waals surface area contributed by atoms with Crippen LogP contribution in [0.2, 0.25) is 0 Å². The minimum atomic E-state index is 0.395. The lowest BCUT2D eigenvalue weighted by Gasteiger charge is -2.17. The molecule has 4 rings (SSSR count). The van der Waals surface area contributed by atoms with Crippen LogP contribution in [0.15, 0.2) is 70.4 Å². The normalized spacial score (nSPS) is 10.8. The SMILES string of the molecule is COc1ccc(CNc2nc(SC)nc(OCc3ccccc3)c2-c2c(Br)cnn2C)cc1. The number of ether oxygens (including phenoxy) is 2. The first-order valence-corrected chi connectivity index (χ1v) is 12.3. The van der Waals surface area contributed by atoms with E-state index in [1.54, 1.807) is 18.0 Å². The van der Waals surface area contributed by atoms with Gasteiger partial charge in [-0.2, -0.15) is 10.1 Å². The Bertz CT molecular complexity index is 1200. The number of thioether (sulfide) groups is 1. The molecule has 0 aliphatic rings. The number of benzene rings is 2.